The summed E-state index contributed by atoms with van der Waals surface area (Å²) < 4.78 is 17.4. The van der Waals surface area contributed by atoms with E-state index in [1.165, 1.54) is 0 Å². The SMILES string of the molecule is COc1ccccc1CCN1COc2ccc3c(=O)c(-c4ccccc4)coc3c2C1. The van der Waals surface area contributed by atoms with Crippen LogP contribution in [0.2, 0.25) is 0 Å². The molecule has 0 unspecified atom stereocenters. The van der Waals surface area contributed by atoms with Gasteiger partial charge in [-0.05, 0) is 35.7 Å². The van der Waals surface area contributed by atoms with Gasteiger partial charge in [-0.1, -0.05) is 48.5 Å². The average molecular weight is 413 g/mol. The molecule has 0 spiro atoms. The highest BCUT2D eigenvalue weighted by Gasteiger charge is 2.23. The topological polar surface area (TPSA) is 51.9 Å². The summed E-state index contributed by atoms with van der Waals surface area (Å²) in [6.07, 6.45) is 2.41. The maximum Gasteiger partial charge on any atom is 0.200 e. The van der Waals surface area contributed by atoms with Crippen molar-refractivity contribution in [2.24, 2.45) is 0 Å². The minimum Gasteiger partial charge on any atom is -0.496 e. The molecule has 2 heterocycles. The van der Waals surface area contributed by atoms with Gasteiger partial charge in [0.15, 0.2) is 0 Å². The summed E-state index contributed by atoms with van der Waals surface area (Å²) in [4.78, 5) is 15.4. The maximum atomic E-state index is 13.1. The first-order chi connectivity index (χ1) is 15.2. The quantitative estimate of drug-likeness (QED) is 0.468. The highest BCUT2D eigenvalue weighted by molar-refractivity contribution is 5.85. The van der Waals surface area contributed by atoms with Gasteiger partial charge in [0.05, 0.1) is 23.6 Å². The number of methoxy groups -OCH3 is 1. The smallest absolute Gasteiger partial charge is 0.200 e. The standard InChI is InChI=1S/C26H23NO4/c1-29-23-10-6-5-9-19(23)13-14-27-15-21-24(31-17-27)12-11-20-25(28)22(16-30-26(20)21)18-7-3-2-4-8-18/h2-12,16H,13-15,17H2,1H3. The molecule has 1 aliphatic heterocycles. The second kappa shape index (κ2) is 8.28. The molecule has 0 aliphatic carbocycles. The van der Waals surface area contributed by atoms with Crippen molar-refractivity contribution in [1.29, 1.82) is 0 Å². The zero-order valence-electron chi connectivity index (χ0n) is 17.3. The minimum atomic E-state index is -0.0265. The number of hydrogen-bond donors (Lipinski definition) is 0. The Morgan fingerprint density at radius 2 is 1.81 bits per heavy atom. The first kappa shape index (κ1) is 19.4. The molecule has 0 atom stereocenters. The van der Waals surface area contributed by atoms with Gasteiger partial charge in [0.2, 0.25) is 5.43 Å². The molecule has 4 aromatic rings. The summed E-state index contributed by atoms with van der Waals surface area (Å²) >= 11 is 0. The van der Waals surface area contributed by atoms with Crippen molar-refractivity contribution in [3.63, 3.8) is 0 Å². The van der Waals surface area contributed by atoms with E-state index in [-0.39, 0.29) is 5.43 Å². The van der Waals surface area contributed by atoms with E-state index in [1.54, 1.807) is 19.4 Å². The molecule has 5 rings (SSSR count). The summed E-state index contributed by atoms with van der Waals surface area (Å²) in [7, 11) is 1.69. The van der Waals surface area contributed by atoms with Crippen LogP contribution in [0.4, 0.5) is 0 Å². The number of fused-ring (bicyclic) bond motifs is 3. The third-order valence-electron chi connectivity index (χ3n) is 5.76. The second-order valence-electron chi connectivity index (χ2n) is 7.65. The van der Waals surface area contributed by atoms with Crippen LogP contribution in [0.25, 0.3) is 22.1 Å². The number of nitrogens with zero attached hydrogens (tertiary/aromatic N) is 1. The molecule has 0 saturated carbocycles. The molecule has 0 amide bonds. The van der Waals surface area contributed by atoms with Crippen molar-refractivity contribution in [2.75, 3.05) is 20.4 Å². The lowest BCUT2D eigenvalue weighted by molar-refractivity contribution is 0.0966. The Hall–Kier alpha value is -3.57. The van der Waals surface area contributed by atoms with E-state index < -0.39 is 0 Å². The van der Waals surface area contributed by atoms with Crippen LogP contribution in [0, 0.1) is 0 Å². The van der Waals surface area contributed by atoms with E-state index in [9.17, 15) is 4.79 Å². The molecule has 3 aromatic carbocycles. The predicted octanol–water partition coefficient (Wildman–Crippen LogP) is 4.86. The summed E-state index contributed by atoms with van der Waals surface area (Å²) in [5.74, 6) is 1.67. The molecule has 0 radical (unpaired) electrons. The van der Waals surface area contributed by atoms with Gasteiger partial charge in [-0.15, -0.1) is 0 Å². The highest BCUT2D eigenvalue weighted by Crippen LogP contribution is 2.32. The van der Waals surface area contributed by atoms with Gasteiger partial charge >= 0.3 is 0 Å². The van der Waals surface area contributed by atoms with Gasteiger partial charge in [-0.25, -0.2) is 0 Å². The number of para-hydroxylation sites is 1. The van der Waals surface area contributed by atoms with Gasteiger partial charge in [0.1, 0.15) is 30.1 Å². The Bertz CT molecular complexity index is 1280. The molecule has 0 saturated heterocycles. The molecule has 0 N–H and O–H groups in total. The van der Waals surface area contributed by atoms with Crippen LogP contribution in [0.5, 0.6) is 11.5 Å². The molecule has 1 aliphatic rings. The lowest BCUT2D eigenvalue weighted by Gasteiger charge is -2.29. The molecule has 0 fully saturated rings. The predicted molar refractivity (Wildman–Crippen MR) is 121 cm³/mol. The highest BCUT2D eigenvalue weighted by atomic mass is 16.5. The maximum absolute atomic E-state index is 13.1. The number of ether oxygens (including phenoxy) is 2. The largest absolute Gasteiger partial charge is 0.496 e. The van der Waals surface area contributed by atoms with Crippen molar-refractivity contribution < 1.29 is 13.9 Å². The molecule has 1 aromatic heterocycles. The summed E-state index contributed by atoms with van der Waals surface area (Å²) in [5.41, 5.74) is 4.07. The van der Waals surface area contributed by atoms with Gasteiger partial charge in [-0.3, -0.25) is 9.69 Å². The van der Waals surface area contributed by atoms with Crippen LogP contribution >= 0.6 is 0 Å². The fraction of sp³-hybridized carbons (Fsp3) is 0.192. The summed E-state index contributed by atoms with van der Waals surface area (Å²) in [5, 5.41) is 0.579. The first-order valence-electron chi connectivity index (χ1n) is 10.3. The van der Waals surface area contributed by atoms with Crippen molar-refractivity contribution in [3.05, 3.63) is 94.3 Å². The second-order valence-corrected chi connectivity index (χ2v) is 7.65. The third kappa shape index (κ3) is 3.68. The Balaban J connectivity index is 1.43. The Morgan fingerprint density at radius 3 is 2.65 bits per heavy atom. The molecule has 31 heavy (non-hydrogen) atoms. The minimum absolute atomic E-state index is 0.0265. The lowest BCUT2D eigenvalue weighted by Crippen LogP contribution is -2.33. The van der Waals surface area contributed by atoms with E-state index in [2.05, 4.69) is 11.0 Å². The van der Waals surface area contributed by atoms with Gasteiger partial charge < -0.3 is 13.9 Å². The normalized spacial score (nSPS) is 13.6. The summed E-state index contributed by atoms with van der Waals surface area (Å²) in [6.45, 7) is 1.97. The Kier molecular flexibility index (Phi) is 5.18. The summed E-state index contributed by atoms with van der Waals surface area (Å²) in [6, 6.07) is 21.3. The van der Waals surface area contributed by atoms with Crippen molar-refractivity contribution in [1.82, 2.24) is 4.90 Å². The lowest BCUT2D eigenvalue weighted by atomic mass is 10.0. The number of benzene rings is 3. The van der Waals surface area contributed by atoms with Crippen molar-refractivity contribution >= 4 is 11.0 Å². The van der Waals surface area contributed by atoms with E-state index in [0.29, 0.717) is 29.8 Å². The molecular formula is C26H23NO4. The van der Waals surface area contributed by atoms with E-state index in [1.807, 2.05) is 54.6 Å². The van der Waals surface area contributed by atoms with Crippen LogP contribution in [0.15, 0.2) is 82.2 Å². The molecule has 5 heteroatoms. The average Bonchev–Trinajstić information content (AvgIpc) is 2.83. The number of rotatable bonds is 5. The van der Waals surface area contributed by atoms with Gasteiger partial charge in [0, 0.05) is 13.1 Å². The zero-order valence-corrected chi connectivity index (χ0v) is 17.3. The van der Waals surface area contributed by atoms with Crippen LogP contribution in [-0.4, -0.2) is 25.3 Å². The fourth-order valence-electron chi connectivity index (χ4n) is 4.10. The van der Waals surface area contributed by atoms with Crippen molar-refractivity contribution in [3.8, 4) is 22.6 Å². The molecular weight excluding hydrogens is 390 g/mol. The first-order valence-corrected chi connectivity index (χ1v) is 10.3. The molecule has 5 nitrogen and oxygen atoms in total. The Morgan fingerprint density at radius 1 is 1.00 bits per heavy atom. The van der Waals surface area contributed by atoms with Crippen LogP contribution in [0.1, 0.15) is 11.1 Å². The van der Waals surface area contributed by atoms with E-state index >= 15 is 0 Å². The van der Waals surface area contributed by atoms with Crippen molar-refractivity contribution in [2.45, 2.75) is 13.0 Å². The van der Waals surface area contributed by atoms with E-state index in [4.69, 9.17) is 13.9 Å². The molecule has 0 bridgehead atoms. The van der Waals surface area contributed by atoms with Gasteiger partial charge in [0.25, 0.3) is 0 Å². The van der Waals surface area contributed by atoms with Crippen LogP contribution in [0.3, 0.4) is 0 Å². The monoisotopic (exact) mass is 413 g/mol. The van der Waals surface area contributed by atoms with Gasteiger partial charge in [-0.2, -0.15) is 0 Å². The number of hydrogen-bond acceptors (Lipinski definition) is 5. The fourth-order valence-corrected chi connectivity index (χ4v) is 4.10. The zero-order chi connectivity index (χ0) is 21.2. The van der Waals surface area contributed by atoms with Crippen LogP contribution < -0.4 is 14.9 Å². The molecule has 156 valence electrons. The Labute approximate surface area is 180 Å². The van der Waals surface area contributed by atoms with E-state index in [0.717, 1.165) is 41.2 Å². The third-order valence-corrected chi connectivity index (χ3v) is 5.76. The van der Waals surface area contributed by atoms with Crippen LogP contribution in [-0.2, 0) is 13.0 Å².